The number of carbonyl (C=O) groups is 1. The van der Waals surface area contributed by atoms with Crippen LogP contribution in [-0.2, 0) is 6.54 Å². The lowest BCUT2D eigenvalue weighted by Gasteiger charge is -2.08. The molecule has 0 unspecified atom stereocenters. The maximum atomic E-state index is 12.1. The van der Waals surface area contributed by atoms with Gasteiger partial charge in [0, 0.05) is 17.1 Å². The van der Waals surface area contributed by atoms with Crippen LogP contribution in [-0.4, -0.2) is 10.8 Å². The fraction of sp³-hybridized carbons (Fsp3) is 0.0714. The van der Waals surface area contributed by atoms with E-state index in [-0.39, 0.29) is 16.3 Å². The molecular formula is C14H10BrClN2O3. The van der Waals surface area contributed by atoms with E-state index < -0.39 is 10.8 Å². The van der Waals surface area contributed by atoms with Gasteiger partial charge in [-0.05, 0) is 17.7 Å². The summed E-state index contributed by atoms with van der Waals surface area (Å²) in [4.78, 5) is 22.3. The van der Waals surface area contributed by atoms with Gasteiger partial charge in [0.25, 0.3) is 11.6 Å². The highest BCUT2D eigenvalue weighted by Crippen LogP contribution is 2.27. The molecule has 0 saturated carbocycles. The molecule has 0 spiro atoms. The highest BCUT2D eigenvalue weighted by molar-refractivity contribution is 9.10. The van der Waals surface area contributed by atoms with E-state index in [0.29, 0.717) is 6.54 Å². The molecule has 7 heteroatoms. The minimum atomic E-state index is -0.618. The van der Waals surface area contributed by atoms with E-state index in [1.165, 1.54) is 18.2 Å². The van der Waals surface area contributed by atoms with E-state index in [2.05, 4.69) is 21.2 Å². The van der Waals surface area contributed by atoms with E-state index >= 15 is 0 Å². The Bertz CT molecular complexity index is 706. The number of hydrogen-bond acceptors (Lipinski definition) is 3. The van der Waals surface area contributed by atoms with E-state index in [4.69, 9.17) is 11.6 Å². The lowest BCUT2D eigenvalue weighted by molar-refractivity contribution is -0.384. The second-order valence-corrected chi connectivity index (χ2v) is 5.40. The highest BCUT2D eigenvalue weighted by Gasteiger charge is 2.19. The van der Waals surface area contributed by atoms with Crippen LogP contribution in [0, 0.1) is 10.1 Å². The summed E-state index contributed by atoms with van der Waals surface area (Å²) in [5, 5.41) is 13.3. The standard InChI is InChI=1S/C14H10BrClN2O3/c15-11-6-2-1-4-9(11)8-17-14(19)10-5-3-7-12(13(10)16)18(20)21/h1-7H,8H2,(H,17,19). The van der Waals surface area contributed by atoms with Crippen LogP contribution in [0.4, 0.5) is 5.69 Å². The van der Waals surface area contributed by atoms with Crippen LogP contribution in [0.5, 0.6) is 0 Å². The van der Waals surface area contributed by atoms with Crippen LogP contribution in [0.3, 0.4) is 0 Å². The molecule has 0 bridgehead atoms. The summed E-state index contributed by atoms with van der Waals surface area (Å²) >= 11 is 9.28. The lowest BCUT2D eigenvalue weighted by atomic mass is 10.1. The van der Waals surface area contributed by atoms with Crippen molar-refractivity contribution in [1.82, 2.24) is 5.32 Å². The van der Waals surface area contributed by atoms with E-state index in [1.54, 1.807) is 0 Å². The molecule has 1 amide bonds. The lowest BCUT2D eigenvalue weighted by Crippen LogP contribution is -2.23. The monoisotopic (exact) mass is 368 g/mol. The molecular weight excluding hydrogens is 360 g/mol. The fourth-order valence-electron chi connectivity index (χ4n) is 1.75. The van der Waals surface area contributed by atoms with Gasteiger partial charge in [-0.15, -0.1) is 0 Å². The molecule has 0 aliphatic rings. The van der Waals surface area contributed by atoms with Crippen molar-refractivity contribution in [2.24, 2.45) is 0 Å². The van der Waals surface area contributed by atoms with Crippen LogP contribution < -0.4 is 5.32 Å². The van der Waals surface area contributed by atoms with Crippen molar-refractivity contribution in [3.8, 4) is 0 Å². The minimum Gasteiger partial charge on any atom is -0.348 e. The molecule has 2 aromatic rings. The summed E-state index contributed by atoms with van der Waals surface area (Å²) in [5.41, 5.74) is 0.690. The van der Waals surface area contributed by atoms with Crippen molar-refractivity contribution in [3.05, 3.63) is 73.2 Å². The molecule has 2 aromatic carbocycles. The van der Waals surface area contributed by atoms with Crippen molar-refractivity contribution in [3.63, 3.8) is 0 Å². The van der Waals surface area contributed by atoms with Crippen LogP contribution in [0.2, 0.25) is 5.02 Å². The SMILES string of the molecule is O=C(NCc1ccccc1Br)c1cccc([N+](=O)[O-])c1Cl. The zero-order valence-electron chi connectivity index (χ0n) is 10.7. The highest BCUT2D eigenvalue weighted by atomic mass is 79.9. The number of nitrogens with one attached hydrogen (secondary N) is 1. The number of amides is 1. The molecule has 1 N–H and O–H groups in total. The number of halogens is 2. The quantitative estimate of drug-likeness (QED) is 0.655. The Kier molecular flexibility index (Phi) is 4.93. The van der Waals surface area contributed by atoms with Crippen molar-refractivity contribution in [2.75, 3.05) is 0 Å². The van der Waals surface area contributed by atoms with Crippen LogP contribution in [0.15, 0.2) is 46.9 Å². The molecule has 0 radical (unpaired) electrons. The number of nitro benzene ring substituents is 1. The first-order chi connectivity index (χ1) is 10.0. The van der Waals surface area contributed by atoms with Gasteiger partial charge < -0.3 is 5.32 Å². The average molecular weight is 370 g/mol. The van der Waals surface area contributed by atoms with Crippen molar-refractivity contribution < 1.29 is 9.72 Å². The molecule has 5 nitrogen and oxygen atoms in total. The first kappa shape index (κ1) is 15.5. The minimum absolute atomic E-state index is 0.0814. The summed E-state index contributed by atoms with van der Waals surface area (Å²) in [6.45, 7) is 0.291. The maximum Gasteiger partial charge on any atom is 0.288 e. The van der Waals surface area contributed by atoms with Gasteiger partial charge in [0.1, 0.15) is 5.02 Å². The molecule has 0 aliphatic carbocycles. The Labute approximate surface area is 134 Å². The summed E-state index contributed by atoms with van der Waals surface area (Å²) in [5.74, 6) is -0.459. The second-order valence-electron chi connectivity index (χ2n) is 4.17. The Hall–Kier alpha value is -1.92. The van der Waals surface area contributed by atoms with Gasteiger partial charge in [-0.2, -0.15) is 0 Å². The molecule has 0 atom stereocenters. The third-order valence-corrected chi connectivity index (χ3v) is 3.99. The largest absolute Gasteiger partial charge is 0.348 e. The predicted octanol–water partition coefficient (Wildman–Crippen LogP) is 3.94. The first-order valence-corrected chi connectivity index (χ1v) is 7.12. The Balaban J connectivity index is 2.16. The van der Waals surface area contributed by atoms with Crippen LogP contribution in [0.25, 0.3) is 0 Å². The number of nitro groups is 1. The maximum absolute atomic E-state index is 12.1. The second kappa shape index (κ2) is 6.69. The van der Waals surface area contributed by atoms with Gasteiger partial charge in [-0.1, -0.05) is 51.8 Å². The number of hydrogen-bond donors (Lipinski definition) is 1. The first-order valence-electron chi connectivity index (χ1n) is 5.95. The van der Waals surface area contributed by atoms with Gasteiger partial charge in [0.05, 0.1) is 10.5 Å². The average Bonchev–Trinajstić information content (AvgIpc) is 2.46. The smallest absolute Gasteiger partial charge is 0.288 e. The van der Waals surface area contributed by atoms with Gasteiger partial charge in [-0.25, -0.2) is 0 Å². The van der Waals surface area contributed by atoms with E-state index in [0.717, 1.165) is 10.0 Å². The van der Waals surface area contributed by atoms with E-state index in [1.807, 2.05) is 24.3 Å². The fourth-order valence-corrected chi connectivity index (χ4v) is 2.45. The third-order valence-electron chi connectivity index (χ3n) is 2.82. The zero-order chi connectivity index (χ0) is 15.4. The van der Waals surface area contributed by atoms with Gasteiger partial charge in [0.2, 0.25) is 0 Å². The molecule has 0 fully saturated rings. The van der Waals surface area contributed by atoms with Crippen LogP contribution >= 0.6 is 27.5 Å². The normalized spacial score (nSPS) is 10.2. The summed E-state index contributed by atoms with van der Waals surface area (Å²) in [6.07, 6.45) is 0. The number of rotatable bonds is 4. The Morgan fingerprint density at radius 2 is 1.95 bits per heavy atom. The molecule has 0 saturated heterocycles. The van der Waals surface area contributed by atoms with E-state index in [9.17, 15) is 14.9 Å². The molecule has 0 aromatic heterocycles. The molecule has 2 rings (SSSR count). The molecule has 108 valence electrons. The molecule has 21 heavy (non-hydrogen) atoms. The zero-order valence-corrected chi connectivity index (χ0v) is 13.0. The molecule has 0 heterocycles. The summed E-state index contributed by atoms with van der Waals surface area (Å²) in [6, 6.07) is 11.6. The van der Waals surface area contributed by atoms with Crippen molar-refractivity contribution >= 4 is 39.1 Å². The third kappa shape index (κ3) is 3.59. The van der Waals surface area contributed by atoms with Gasteiger partial charge in [-0.3, -0.25) is 14.9 Å². The Morgan fingerprint density at radius 1 is 1.24 bits per heavy atom. The Morgan fingerprint density at radius 3 is 2.62 bits per heavy atom. The predicted molar refractivity (Wildman–Crippen MR) is 83.4 cm³/mol. The van der Waals surface area contributed by atoms with Crippen LogP contribution in [0.1, 0.15) is 15.9 Å². The van der Waals surface area contributed by atoms with Gasteiger partial charge in [0.15, 0.2) is 0 Å². The summed E-state index contributed by atoms with van der Waals surface area (Å²) < 4.78 is 0.871. The van der Waals surface area contributed by atoms with Crippen molar-refractivity contribution in [1.29, 1.82) is 0 Å². The number of nitrogens with zero attached hydrogens (tertiary/aromatic N) is 1. The topological polar surface area (TPSA) is 72.2 Å². The van der Waals surface area contributed by atoms with Crippen molar-refractivity contribution in [2.45, 2.75) is 6.54 Å². The number of benzene rings is 2. The van der Waals surface area contributed by atoms with Gasteiger partial charge >= 0.3 is 0 Å². The molecule has 0 aliphatic heterocycles. The number of carbonyl (C=O) groups excluding carboxylic acids is 1. The summed E-state index contributed by atoms with van der Waals surface area (Å²) in [7, 11) is 0.